The van der Waals surface area contributed by atoms with Crippen molar-refractivity contribution in [3.05, 3.63) is 29.8 Å². The first-order chi connectivity index (χ1) is 14.5. The Morgan fingerprint density at radius 3 is 2.70 bits per heavy atom. The fraction of sp³-hybridized carbons (Fsp3) is 0.739. The highest BCUT2D eigenvalue weighted by Crippen LogP contribution is 2.74. The Hall–Kier alpha value is -1.22. The van der Waals surface area contributed by atoms with Crippen molar-refractivity contribution < 1.29 is 29.3 Å². The van der Waals surface area contributed by atoms with Crippen LogP contribution in [0.4, 0.5) is 0 Å². The highest BCUT2D eigenvalue weighted by atomic mass is 16.7. The SMILES string of the molecule is COc1ccc(CONCCC[C@@]23[C@H]4CCC[C@@H]2OC(O)(C4)[C@@]32CCC(O)O2)cc1. The van der Waals surface area contributed by atoms with Gasteiger partial charge in [-0.3, -0.25) is 4.84 Å². The number of hydrogen-bond acceptors (Lipinski definition) is 7. The molecule has 2 aliphatic heterocycles. The lowest BCUT2D eigenvalue weighted by Gasteiger charge is -2.48. The molecule has 1 aromatic carbocycles. The molecule has 5 rings (SSSR count). The second-order valence-corrected chi connectivity index (χ2v) is 9.34. The van der Waals surface area contributed by atoms with E-state index in [1.54, 1.807) is 7.11 Å². The fourth-order valence-corrected chi connectivity index (χ4v) is 6.86. The van der Waals surface area contributed by atoms with Gasteiger partial charge in [0.1, 0.15) is 11.4 Å². The minimum Gasteiger partial charge on any atom is -0.497 e. The van der Waals surface area contributed by atoms with Crippen LogP contribution in [-0.2, 0) is 20.9 Å². The number of hydrogen-bond donors (Lipinski definition) is 3. The maximum Gasteiger partial charge on any atom is 0.196 e. The molecular formula is C23H33NO6. The topological polar surface area (TPSA) is 89.4 Å². The van der Waals surface area contributed by atoms with Crippen molar-refractivity contribution in [1.29, 1.82) is 0 Å². The highest BCUT2D eigenvalue weighted by Gasteiger charge is 2.82. The average molecular weight is 420 g/mol. The van der Waals surface area contributed by atoms with Gasteiger partial charge >= 0.3 is 0 Å². The Labute approximate surface area is 177 Å². The molecule has 3 N–H and O–H groups in total. The maximum atomic E-state index is 11.4. The molecule has 2 aliphatic carbocycles. The van der Waals surface area contributed by atoms with Gasteiger partial charge in [-0.15, -0.1) is 0 Å². The number of nitrogens with one attached hydrogen (secondary N) is 1. The Balaban J connectivity index is 1.19. The lowest BCUT2D eigenvalue weighted by molar-refractivity contribution is -0.283. The molecule has 4 aliphatic rings. The minimum absolute atomic E-state index is 0.0144. The summed E-state index contributed by atoms with van der Waals surface area (Å²) in [6.45, 7) is 1.21. The Morgan fingerprint density at radius 1 is 1.17 bits per heavy atom. The van der Waals surface area contributed by atoms with Crippen LogP contribution in [0.25, 0.3) is 0 Å². The molecule has 0 aromatic heterocycles. The first-order valence-corrected chi connectivity index (χ1v) is 11.3. The van der Waals surface area contributed by atoms with Crippen LogP contribution >= 0.6 is 0 Å². The van der Waals surface area contributed by atoms with E-state index >= 15 is 0 Å². The molecule has 166 valence electrons. The van der Waals surface area contributed by atoms with E-state index in [9.17, 15) is 10.2 Å². The van der Waals surface area contributed by atoms with Gasteiger partial charge in [-0.2, -0.15) is 0 Å². The second kappa shape index (κ2) is 7.73. The summed E-state index contributed by atoms with van der Waals surface area (Å²) in [5.41, 5.74) is 3.18. The summed E-state index contributed by atoms with van der Waals surface area (Å²) >= 11 is 0. The molecule has 2 unspecified atom stereocenters. The summed E-state index contributed by atoms with van der Waals surface area (Å²) in [5, 5.41) is 21.5. The zero-order chi connectivity index (χ0) is 20.8. The molecule has 2 heterocycles. The molecule has 1 spiro atoms. The molecule has 6 atom stereocenters. The normalized spacial score (nSPS) is 41.6. The molecule has 2 saturated heterocycles. The van der Waals surface area contributed by atoms with Crippen LogP contribution in [0.5, 0.6) is 5.75 Å². The van der Waals surface area contributed by atoms with Crippen LogP contribution in [0.1, 0.15) is 56.9 Å². The number of aliphatic hydroxyl groups excluding tert-OH is 1. The third-order valence-electron chi connectivity index (χ3n) is 8.01. The first-order valence-electron chi connectivity index (χ1n) is 11.3. The van der Waals surface area contributed by atoms with E-state index in [0.717, 1.165) is 43.4 Å². The molecule has 7 heteroatoms. The average Bonchev–Trinajstić information content (AvgIpc) is 3.30. The number of hydroxylamine groups is 1. The second-order valence-electron chi connectivity index (χ2n) is 9.34. The van der Waals surface area contributed by atoms with E-state index in [1.165, 1.54) is 0 Å². The van der Waals surface area contributed by atoms with Gasteiger partial charge in [0.25, 0.3) is 0 Å². The summed E-state index contributed by atoms with van der Waals surface area (Å²) in [4.78, 5) is 5.64. The largest absolute Gasteiger partial charge is 0.497 e. The molecule has 2 bridgehead atoms. The molecule has 2 saturated carbocycles. The van der Waals surface area contributed by atoms with E-state index in [0.29, 0.717) is 38.3 Å². The predicted octanol–water partition coefficient (Wildman–Crippen LogP) is 2.64. The molecule has 0 radical (unpaired) electrons. The van der Waals surface area contributed by atoms with Crippen molar-refractivity contribution >= 4 is 0 Å². The monoisotopic (exact) mass is 419 g/mol. The van der Waals surface area contributed by atoms with Crippen LogP contribution in [-0.4, -0.2) is 47.6 Å². The van der Waals surface area contributed by atoms with E-state index < -0.39 is 17.7 Å². The molecule has 0 amide bonds. The van der Waals surface area contributed by atoms with Gasteiger partial charge in [0.05, 0.1) is 19.8 Å². The van der Waals surface area contributed by atoms with Gasteiger partial charge in [0.15, 0.2) is 12.1 Å². The number of ether oxygens (including phenoxy) is 3. The summed E-state index contributed by atoms with van der Waals surface area (Å²) in [6, 6.07) is 7.83. The van der Waals surface area contributed by atoms with Gasteiger partial charge in [0.2, 0.25) is 0 Å². The lowest BCUT2D eigenvalue weighted by Crippen LogP contribution is -2.55. The standard InChI is InChI=1S/C23H33NO6/c1-27-18-8-6-16(7-9-18)15-28-24-13-3-11-21-17-4-2-5-19(21)29-23(26,14-17)22(21)12-10-20(25)30-22/h6-9,17,19-20,24-26H,2-5,10-15H2,1H3/t17-,19-,20?,21+,22+,23?/m0/s1. The van der Waals surface area contributed by atoms with Gasteiger partial charge in [-0.1, -0.05) is 18.6 Å². The third kappa shape index (κ3) is 2.94. The summed E-state index contributed by atoms with van der Waals surface area (Å²) in [7, 11) is 1.66. The molecular weight excluding hydrogens is 386 g/mol. The Kier molecular flexibility index (Phi) is 5.32. The highest BCUT2D eigenvalue weighted by molar-refractivity contribution is 5.27. The van der Waals surface area contributed by atoms with E-state index in [1.807, 2.05) is 24.3 Å². The minimum atomic E-state index is -1.25. The van der Waals surface area contributed by atoms with E-state index in [2.05, 4.69) is 5.48 Å². The van der Waals surface area contributed by atoms with Gasteiger partial charge < -0.3 is 24.4 Å². The molecule has 7 nitrogen and oxygen atoms in total. The molecule has 1 aromatic rings. The van der Waals surface area contributed by atoms with Gasteiger partial charge in [0, 0.05) is 24.8 Å². The molecule has 30 heavy (non-hydrogen) atoms. The summed E-state index contributed by atoms with van der Waals surface area (Å²) in [5.74, 6) is -0.0288. The van der Waals surface area contributed by atoms with Crippen LogP contribution in [0.2, 0.25) is 0 Å². The first kappa shape index (κ1) is 20.7. The summed E-state index contributed by atoms with van der Waals surface area (Å²) in [6.07, 6.45) is 6.06. The number of benzene rings is 1. The summed E-state index contributed by atoms with van der Waals surface area (Å²) < 4.78 is 17.5. The maximum absolute atomic E-state index is 11.4. The van der Waals surface area contributed by atoms with E-state index in [4.69, 9.17) is 19.0 Å². The van der Waals surface area contributed by atoms with Crippen molar-refractivity contribution in [3.63, 3.8) is 0 Å². The number of methoxy groups -OCH3 is 1. The predicted molar refractivity (Wildman–Crippen MR) is 108 cm³/mol. The van der Waals surface area contributed by atoms with Crippen molar-refractivity contribution in [3.8, 4) is 5.75 Å². The lowest BCUT2D eigenvalue weighted by atomic mass is 9.58. The molecule has 4 fully saturated rings. The quantitative estimate of drug-likeness (QED) is 0.441. The van der Waals surface area contributed by atoms with Crippen LogP contribution in [0.3, 0.4) is 0 Å². The van der Waals surface area contributed by atoms with Crippen LogP contribution < -0.4 is 10.2 Å². The zero-order valence-electron chi connectivity index (χ0n) is 17.6. The van der Waals surface area contributed by atoms with Gasteiger partial charge in [-0.25, -0.2) is 5.48 Å². The van der Waals surface area contributed by atoms with Gasteiger partial charge in [-0.05, 0) is 55.7 Å². The zero-order valence-corrected chi connectivity index (χ0v) is 17.6. The smallest absolute Gasteiger partial charge is 0.196 e. The van der Waals surface area contributed by atoms with Crippen molar-refractivity contribution in [2.45, 2.75) is 81.8 Å². The van der Waals surface area contributed by atoms with Crippen molar-refractivity contribution in [2.24, 2.45) is 11.3 Å². The fourth-order valence-electron chi connectivity index (χ4n) is 6.86. The van der Waals surface area contributed by atoms with Crippen molar-refractivity contribution in [2.75, 3.05) is 13.7 Å². The van der Waals surface area contributed by atoms with E-state index in [-0.39, 0.29) is 11.5 Å². The van der Waals surface area contributed by atoms with Crippen LogP contribution in [0, 0.1) is 11.3 Å². The number of aliphatic hydroxyl groups is 2. The van der Waals surface area contributed by atoms with Crippen molar-refractivity contribution in [1.82, 2.24) is 5.48 Å². The third-order valence-corrected chi connectivity index (χ3v) is 8.01. The number of rotatable bonds is 8. The Bertz CT molecular complexity index is 741. The van der Waals surface area contributed by atoms with Crippen LogP contribution in [0.15, 0.2) is 24.3 Å². The Morgan fingerprint density at radius 2 is 2.00 bits per heavy atom.